The number of anilines is 1. The third kappa shape index (κ3) is 4.21. The van der Waals surface area contributed by atoms with E-state index >= 15 is 0 Å². The molecule has 0 saturated heterocycles. The van der Waals surface area contributed by atoms with Crippen molar-refractivity contribution < 1.29 is 14.6 Å². The Hall–Kier alpha value is -2.42. The lowest BCUT2D eigenvalue weighted by atomic mass is 9.77. The van der Waals surface area contributed by atoms with Crippen LogP contribution in [0.25, 0.3) is 10.9 Å². The lowest BCUT2D eigenvalue weighted by Crippen LogP contribution is -2.50. The van der Waals surface area contributed by atoms with Gasteiger partial charge in [-0.25, -0.2) is 9.78 Å². The van der Waals surface area contributed by atoms with Crippen LogP contribution < -0.4 is 10.6 Å². The highest BCUT2D eigenvalue weighted by atomic mass is 35.5. The molecule has 3 heterocycles. The maximum atomic E-state index is 12.8. The molecule has 1 aliphatic heterocycles. The second-order valence-corrected chi connectivity index (χ2v) is 8.48. The normalized spacial score (nSPS) is 27.6. The SMILES string of the molecule is CCn1ncc2cc3nc(c21)C[C@H](O)COC[C@H](C1(C)C=C(Cl)C=CC1)NC(=O)N3. The molecule has 0 saturated carbocycles. The predicted octanol–water partition coefficient (Wildman–Crippen LogP) is 2.96. The molecule has 0 fully saturated rings. The molecule has 2 aliphatic rings. The van der Waals surface area contributed by atoms with Crippen molar-refractivity contribution in [3.63, 3.8) is 0 Å². The maximum Gasteiger partial charge on any atom is 0.320 e. The van der Waals surface area contributed by atoms with Gasteiger partial charge >= 0.3 is 6.03 Å². The number of carbonyl (C=O) groups is 1. The molecule has 160 valence electrons. The highest BCUT2D eigenvalue weighted by Gasteiger charge is 2.35. The van der Waals surface area contributed by atoms with Gasteiger partial charge in [-0.05, 0) is 25.5 Å². The van der Waals surface area contributed by atoms with Crippen molar-refractivity contribution in [2.24, 2.45) is 5.41 Å². The van der Waals surface area contributed by atoms with Crippen LogP contribution in [0, 0.1) is 5.41 Å². The summed E-state index contributed by atoms with van der Waals surface area (Å²) < 4.78 is 7.65. The summed E-state index contributed by atoms with van der Waals surface area (Å²) in [5, 5.41) is 22.3. The molecule has 2 amide bonds. The van der Waals surface area contributed by atoms with Gasteiger partial charge in [-0.3, -0.25) is 10.00 Å². The second-order valence-electron chi connectivity index (χ2n) is 8.04. The molecule has 2 aromatic rings. The van der Waals surface area contributed by atoms with Gasteiger partial charge in [-0.15, -0.1) is 0 Å². The van der Waals surface area contributed by atoms with Crippen molar-refractivity contribution >= 4 is 34.4 Å². The number of hydrogen-bond donors (Lipinski definition) is 3. The number of nitrogens with zero attached hydrogens (tertiary/aromatic N) is 3. The van der Waals surface area contributed by atoms with Gasteiger partial charge < -0.3 is 15.2 Å². The zero-order valence-corrected chi connectivity index (χ0v) is 17.8. The zero-order valence-electron chi connectivity index (χ0n) is 17.1. The Bertz CT molecular complexity index is 1020. The third-order valence-electron chi connectivity index (χ3n) is 5.66. The van der Waals surface area contributed by atoms with Gasteiger partial charge in [0.15, 0.2) is 0 Å². The topological polar surface area (TPSA) is 101 Å². The van der Waals surface area contributed by atoms with Crippen molar-refractivity contribution in [2.45, 2.75) is 45.4 Å². The quantitative estimate of drug-likeness (QED) is 0.678. The number of amides is 2. The summed E-state index contributed by atoms with van der Waals surface area (Å²) in [7, 11) is 0. The molecule has 2 aromatic heterocycles. The molecule has 30 heavy (non-hydrogen) atoms. The number of hydrogen-bond acceptors (Lipinski definition) is 5. The minimum absolute atomic E-state index is 0.136. The Morgan fingerprint density at radius 3 is 3.03 bits per heavy atom. The first-order chi connectivity index (χ1) is 14.4. The van der Waals surface area contributed by atoms with Gasteiger partial charge in [0.25, 0.3) is 0 Å². The Morgan fingerprint density at radius 2 is 2.27 bits per heavy atom. The number of aryl methyl sites for hydroxylation is 1. The van der Waals surface area contributed by atoms with Gasteiger partial charge in [0.05, 0.1) is 42.8 Å². The summed E-state index contributed by atoms with van der Waals surface area (Å²) in [6, 6.07) is 1.09. The minimum Gasteiger partial charge on any atom is -0.390 e. The van der Waals surface area contributed by atoms with Crippen LogP contribution >= 0.6 is 11.6 Å². The summed E-state index contributed by atoms with van der Waals surface area (Å²) in [4.78, 5) is 17.4. The molecule has 4 rings (SSSR count). The maximum absolute atomic E-state index is 12.8. The number of aliphatic hydroxyl groups excluding tert-OH is 1. The average Bonchev–Trinajstić information content (AvgIpc) is 3.09. The fraction of sp³-hybridized carbons (Fsp3) is 0.476. The monoisotopic (exact) mass is 431 g/mol. The Balaban J connectivity index is 1.67. The third-order valence-corrected chi connectivity index (χ3v) is 5.89. The van der Waals surface area contributed by atoms with Crippen molar-refractivity contribution in [1.82, 2.24) is 20.1 Å². The molecule has 9 heteroatoms. The molecule has 3 N–H and O–H groups in total. The lowest BCUT2D eigenvalue weighted by Gasteiger charge is -2.37. The summed E-state index contributed by atoms with van der Waals surface area (Å²) in [5.41, 5.74) is 1.12. The van der Waals surface area contributed by atoms with E-state index < -0.39 is 11.5 Å². The predicted molar refractivity (Wildman–Crippen MR) is 115 cm³/mol. The summed E-state index contributed by atoms with van der Waals surface area (Å²) in [6.07, 6.45) is 7.80. The second kappa shape index (κ2) is 8.37. The number of allylic oxidation sites excluding steroid dienone is 3. The van der Waals surface area contributed by atoms with Crippen LogP contribution in [-0.2, 0) is 17.7 Å². The number of halogens is 1. The van der Waals surface area contributed by atoms with E-state index in [1.807, 2.05) is 36.8 Å². The van der Waals surface area contributed by atoms with Gasteiger partial charge in [-0.1, -0.05) is 30.7 Å². The Morgan fingerprint density at radius 1 is 1.43 bits per heavy atom. The van der Waals surface area contributed by atoms with Crippen LogP contribution in [0.4, 0.5) is 10.6 Å². The first-order valence-electron chi connectivity index (χ1n) is 10.1. The summed E-state index contributed by atoms with van der Waals surface area (Å²) in [5.74, 6) is 0.417. The standard InChI is InChI=1S/C21H26ClN5O3/c1-3-27-19-13(10-23-27)7-18-24-16(19)8-15(28)11-30-12-17(25-20(29)26-18)21(2)6-4-5-14(22)9-21/h4-5,7,9-10,15,17,28H,3,6,8,11-12H2,1-2H3,(H2,24,25,26,29)/t15-,17+,21?/m0/s1. The number of carbonyl (C=O) groups excluding carboxylic acids is 1. The summed E-state index contributed by atoms with van der Waals surface area (Å²) >= 11 is 6.22. The van der Waals surface area contributed by atoms with Gasteiger partial charge in [0, 0.05) is 28.8 Å². The minimum atomic E-state index is -0.731. The van der Waals surface area contributed by atoms with Crippen LogP contribution in [0.3, 0.4) is 0 Å². The highest BCUT2D eigenvalue weighted by molar-refractivity contribution is 6.31. The number of urea groups is 1. The first kappa shape index (κ1) is 20.8. The summed E-state index contributed by atoms with van der Waals surface area (Å²) in [6.45, 7) is 5.09. The van der Waals surface area contributed by atoms with Gasteiger partial charge in [0.2, 0.25) is 0 Å². The van der Waals surface area contributed by atoms with Crippen molar-refractivity contribution in [3.05, 3.63) is 41.2 Å². The van der Waals surface area contributed by atoms with Crippen LogP contribution in [0.5, 0.6) is 0 Å². The smallest absolute Gasteiger partial charge is 0.320 e. The Labute approximate surface area is 179 Å². The number of pyridine rings is 1. The number of aromatic nitrogens is 3. The van der Waals surface area contributed by atoms with E-state index in [0.29, 0.717) is 35.9 Å². The fourth-order valence-corrected chi connectivity index (χ4v) is 4.39. The van der Waals surface area contributed by atoms with E-state index in [1.165, 1.54) is 0 Å². The first-order valence-corrected chi connectivity index (χ1v) is 10.5. The average molecular weight is 432 g/mol. The molecule has 3 atom stereocenters. The number of nitrogens with one attached hydrogen (secondary N) is 2. The fourth-order valence-electron chi connectivity index (χ4n) is 4.05. The van der Waals surface area contributed by atoms with E-state index in [9.17, 15) is 9.90 Å². The van der Waals surface area contributed by atoms with Gasteiger partial charge in [-0.2, -0.15) is 5.10 Å². The van der Waals surface area contributed by atoms with Crippen LogP contribution in [0.2, 0.25) is 0 Å². The molecule has 1 aliphatic carbocycles. The zero-order chi connectivity index (χ0) is 21.3. The van der Waals surface area contributed by atoms with Crippen molar-refractivity contribution in [2.75, 3.05) is 18.5 Å². The van der Waals surface area contributed by atoms with Crippen molar-refractivity contribution in [1.29, 1.82) is 0 Å². The molecule has 2 bridgehead atoms. The van der Waals surface area contributed by atoms with E-state index in [4.69, 9.17) is 16.3 Å². The van der Waals surface area contributed by atoms with E-state index in [2.05, 4.69) is 20.7 Å². The number of fused-ring (bicyclic) bond motifs is 4. The molecule has 0 spiro atoms. The van der Waals surface area contributed by atoms with Crippen LogP contribution in [-0.4, -0.2) is 51.3 Å². The van der Waals surface area contributed by atoms with E-state index in [0.717, 1.165) is 10.9 Å². The molecular formula is C21H26ClN5O3. The highest BCUT2D eigenvalue weighted by Crippen LogP contribution is 2.35. The number of aliphatic hydroxyl groups is 1. The van der Waals surface area contributed by atoms with E-state index in [-0.39, 0.29) is 25.3 Å². The largest absolute Gasteiger partial charge is 0.390 e. The van der Waals surface area contributed by atoms with Crippen molar-refractivity contribution in [3.8, 4) is 0 Å². The number of ether oxygens (including phenoxy) is 1. The molecular weight excluding hydrogens is 406 g/mol. The number of rotatable bonds is 2. The molecule has 8 nitrogen and oxygen atoms in total. The molecule has 1 unspecified atom stereocenters. The van der Waals surface area contributed by atoms with E-state index in [1.54, 1.807) is 12.3 Å². The van der Waals surface area contributed by atoms with Crippen LogP contribution in [0.15, 0.2) is 35.5 Å². The Kier molecular flexibility index (Phi) is 5.81. The molecule has 0 aromatic carbocycles. The van der Waals surface area contributed by atoms with Gasteiger partial charge in [0.1, 0.15) is 5.82 Å². The lowest BCUT2D eigenvalue weighted by molar-refractivity contribution is 0.0163. The van der Waals surface area contributed by atoms with Crippen LogP contribution in [0.1, 0.15) is 26.0 Å². The molecule has 0 radical (unpaired) electrons.